The minimum absolute atomic E-state index is 0.0169. The van der Waals surface area contributed by atoms with Crippen LogP contribution in [-0.4, -0.2) is 23.1 Å². The molecule has 0 radical (unpaired) electrons. The summed E-state index contributed by atoms with van der Waals surface area (Å²) >= 11 is 3.35. The number of hydrogen-bond acceptors (Lipinski definition) is 2. The number of fused-ring (bicyclic) bond motifs is 1. The van der Waals surface area contributed by atoms with E-state index in [9.17, 15) is 9.59 Å². The second-order valence-electron chi connectivity index (χ2n) is 5.76. The molecule has 0 spiro atoms. The average Bonchev–Trinajstić information content (AvgIpc) is 2.59. The molecule has 0 atom stereocenters. The fraction of sp³-hybridized carbons (Fsp3) is 0.263. The molecule has 0 bridgehead atoms. The molecule has 1 amide bonds. The quantitative estimate of drug-likeness (QED) is 0.761. The molecule has 1 aliphatic heterocycles. The van der Waals surface area contributed by atoms with E-state index in [0.29, 0.717) is 12.1 Å². The number of nitrogens with zero attached hydrogens (tertiary/aromatic N) is 1. The van der Waals surface area contributed by atoms with Crippen molar-refractivity contribution in [1.29, 1.82) is 0 Å². The van der Waals surface area contributed by atoms with Crippen molar-refractivity contribution in [3.05, 3.63) is 69.7 Å². The second-order valence-corrected chi connectivity index (χ2v) is 6.68. The van der Waals surface area contributed by atoms with Crippen LogP contribution in [0.25, 0.3) is 0 Å². The van der Waals surface area contributed by atoms with Gasteiger partial charge in [0, 0.05) is 36.0 Å². The highest BCUT2D eigenvalue weighted by Gasteiger charge is 2.20. The summed E-state index contributed by atoms with van der Waals surface area (Å²) < 4.78 is 0.942. The zero-order chi connectivity index (χ0) is 16.2. The first kappa shape index (κ1) is 15.9. The van der Waals surface area contributed by atoms with Gasteiger partial charge in [-0.2, -0.15) is 0 Å². The van der Waals surface area contributed by atoms with Gasteiger partial charge in [-0.3, -0.25) is 9.59 Å². The summed E-state index contributed by atoms with van der Waals surface area (Å²) in [5.74, 6) is 0.0771. The molecule has 0 saturated carbocycles. The summed E-state index contributed by atoms with van der Waals surface area (Å²) in [4.78, 5) is 26.4. The van der Waals surface area contributed by atoms with E-state index in [1.807, 2.05) is 29.2 Å². The van der Waals surface area contributed by atoms with E-state index < -0.39 is 0 Å². The summed E-state index contributed by atoms with van der Waals surface area (Å²) in [5, 5.41) is 0. The van der Waals surface area contributed by atoms with Gasteiger partial charge in [0.2, 0.25) is 5.91 Å². The maximum absolute atomic E-state index is 12.4. The van der Waals surface area contributed by atoms with Gasteiger partial charge in [0.05, 0.1) is 0 Å². The number of carbonyl (C=O) groups is 2. The first-order chi connectivity index (χ1) is 11.1. The third kappa shape index (κ3) is 3.88. The minimum Gasteiger partial charge on any atom is -0.338 e. The predicted octanol–water partition coefficient (Wildman–Crippen LogP) is 4.00. The van der Waals surface area contributed by atoms with Crippen LogP contribution in [0, 0.1) is 0 Å². The lowest BCUT2D eigenvalue weighted by Crippen LogP contribution is -2.36. The normalized spacial score (nSPS) is 13.5. The van der Waals surface area contributed by atoms with Crippen molar-refractivity contribution in [1.82, 2.24) is 4.90 Å². The molecule has 2 aromatic rings. The number of Topliss-reactive ketones (excluding diaryl/α,β-unsaturated/α-hetero) is 1. The second kappa shape index (κ2) is 7.09. The molecule has 0 saturated heterocycles. The summed E-state index contributed by atoms with van der Waals surface area (Å²) in [5.41, 5.74) is 3.19. The number of carbonyl (C=O) groups excluding carboxylic acids is 2. The molecule has 0 unspecified atom stereocenters. The number of halogens is 1. The van der Waals surface area contributed by atoms with Crippen molar-refractivity contribution >= 4 is 27.6 Å². The molecule has 23 heavy (non-hydrogen) atoms. The molecule has 0 aliphatic carbocycles. The molecular weight excluding hydrogens is 354 g/mol. The first-order valence-corrected chi connectivity index (χ1v) is 8.56. The standard InChI is InChI=1S/C19H18BrNO2/c20-17-7-5-15(6-8-17)18(22)9-10-19(23)21-12-11-14-3-1-2-4-16(14)13-21/h1-8H,9-13H2. The van der Waals surface area contributed by atoms with Crippen molar-refractivity contribution in [2.45, 2.75) is 25.8 Å². The third-order valence-corrected chi connectivity index (χ3v) is 4.74. The van der Waals surface area contributed by atoms with Crippen molar-refractivity contribution in [2.24, 2.45) is 0 Å². The van der Waals surface area contributed by atoms with Gasteiger partial charge in [0.1, 0.15) is 0 Å². The smallest absolute Gasteiger partial charge is 0.223 e. The van der Waals surface area contributed by atoms with Crippen LogP contribution in [0.4, 0.5) is 0 Å². The molecule has 0 aromatic heterocycles. The van der Waals surface area contributed by atoms with E-state index in [4.69, 9.17) is 0 Å². The molecule has 3 rings (SSSR count). The Labute approximate surface area is 144 Å². The molecule has 3 nitrogen and oxygen atoms in total. The van der Waals surface area contributed by atoms with Gasteiger partial charge < -0.3 is 4.90 Å². The number of benzene rings is 2. The van der Waals surface area contributed by atoms with Crippen LogP contribution < -0.4 is 0 Å². The van der Waals surface area contributed by atoms with Gasteiger partial charge in [0.15, 0.2) is 5.78 Å². The molecule has 1 aliphatic rings. The number of amides is 1. The third-order valence-electron chi connectivity index (χ3n) is 4.22. The SMILES string of the molecule is O=C(CCC(=O)N1CCc2ccccc2C1)c1ccc(Br)cc1. The van der Waals surface area contributed by atoms with Crippen molar-refractivity contribution in [2.75, 3.05) is 6.54 Å². The largest absolute Gasteiger partial charge is 0.338 e. The highest BCUT2D eigenvalue weighted by Crippen LogP contribution is 2.20. The van der Waals surface area contributed by atoms with Gasteiger partial charge in [-0.25, -0.2) is 0 Å². The molecule has 1 heterocycles. The Bertz CT molecular complexity index is 724. The maximum Gasteiger partial charge on any atom is 0.223 e. The highest BCUT2D eigenvalue weighted by molar-refractivity contribution is 9.10. The predicted molar refractivity (Wildman–Crippen MR) is 93.3 cm³/mol. The molecule has 2 aromatic carbocycles. The van der Waals surface area contributed by atoms with Gasteiger partial charge in [-0.1, -0.05) is 52.3 Å². The van der Waals surface area contributed by atoms with E-state index in [2.05, 4.69) is 28.1 Å². The van der Waals surface area contributed by atoms with Crippen LogP contribution in [0.1, 0.15) is 34.3 Å². The van der Waals surface area contributed by atoms with Crippen LogP contribution in [-0.2, 0) is 17.8 Å². The summed E-state index contributed by atoms with van der Waals surface area (Å²) in [6.45, 7) is 1.39. The van der Waals surface area contributed by atoms with Gasteiger partial charge in [-0.15, -0.1) is 0 Å². The molecular formula is C19H18BrNO2. The zero-order valence-electron chi connectivity index (χ0n) is 12.8. The Balaban J connectivity index is 1.56. The number of ketones is 1. The van der Waals surface area contributed by atoms with Crippen LogP contribution in [0.2, 0.25) is 0 Å². The van der Waals surface area contributed by atoms with Crippen molar-refractivity contribution in [3.63, 3.8) is 0 Å². The number of rotatable bonds is 4. The fourth-order valence-electron chi connectivity index (χ4n) is 2.87. The Morgan fingerprint density at radius 3 is 2.39 bits per heavy atom. The lowest BCUT2D eigenvalue weighted by molar-refractivity contribution is -0.132. The zero-order valence-corrected chi connectivity index (χ0v) is 14.4. The van der Waals surface area contributed by atoms with Crippen molar-refractivity contribution in [3.8, 4) is 0 Å². The molecule has 118 valence electrons. The highest BCUT2D eigenvalue weighted by atomic mass is 79.9. The molecule has 0 N–H and O–H groups in total. The van der Waals surface area contributed by atoms with Gasteiger partial charge in [0.25, 0.3) is 0 Å². The Hall–Kier alpha value is -1.94. The van der Waals surface area contributed by atoms with Crippen LogP contribution >= 0.6 is 15.9 Å². The monoisotopic (exact) mass is 371 g/mol. The van der Waals surface area contributed by atoms with Gasteiger partial charge in [-0.05, 0) is 29.7 Å². The number of hydrogen-bond donors (Lipinski definition) is 0. The summed E-state index contributed by atoms with van der Waals surface area (Å²) in [6, 6.07) is 15.5. The fourth-order valence-corrected chi connectivity index (χ4v) is 3.13. The first-order valence-electron chi connectivity index (χ1n) is 7.77. The minimum atomic E-state index is 0.0169. The topological polar surface area (TPSA) is 37.4 Å². The van der Waals surface area contributed by atoms with Crippen LogP contribution in [0.3, 0.4) is 0 Å². The Morgan fingerprint density at radius 1 is 0.957 bits per heavy atom. The van der Waals surface area contributed by atoms with Gasteiger partial charge >= 0.3 is 0 Å². The Morgan fingerprint density at radius 2 is 1.65 bits per heavy atom. The van der Waals surface area contributed by atoms with Crippen LogP contribution in [0.15, 0.2) is 53.0 Å². The van der Waals surface area contributed by atoms with E-state index in [0.717, 1.165) is 17.4 Å². The van der Waals surface area contributed by atoms with Crippen molar-refractivity contribution < 1.29 is 9.59 Å². The van der Waals surface area contributed by atoms with Crippen LogP contribution in [0.5, 0.6) is 0 Å². The Kier molecular flexibility index (Phi) is 4.91. The molecule has 0 fully saturated rings. The van der Waals surface area contributed by atoms with E-state index >= 15 is 0 Å². The lowest BCUT2D eigenvalue weighted by Gasteiger charge is -2.28. The average molecular weight is 372 g/mol. The lowest BCUT2D eigenvalue weighted by atomic mass is 9.99. The summed E-state index contributed by atoms with van der Waals surface area (Å²) in [7, 11) is 0. The summed E-state index contributed by atoms with van der Waals surface area (Å²) in [6.07, 6.45) is 1.43. The maximum atomic E-state index is 12.4. The van der Waals surface area contributed by atoms with E-state index in [1.54, 1.807) is 12.1 Å². The van der Waals surface area contributed by atoms with E-state index in [1.165, 1.54) is 11.1 Å². The molecule has 4 heteroatoms. The van der Waals surface area contributed by atoms with E-state index in [-0.39, 0.29) is 24.5 Å².